The molecule has 23 heavy (non-hydrogen) atoms. The first-order chi connectivity index (χ1) is 10.8. The maximum atomic E-state index is 12.8. The van der Waals surface area contributed by atoms with E-state index in [1.165, 1.54) is 0 Å². The minimum atomic E-state index is -0.0185. The van der Waals surface area contributed by atoms with Crippen LogP contribution in [0.1, 0.15) is 45.6 Å². The molecule has 1 amide bonds. The fourth-order valence-corrected chi connectivity index (χ4v) is 3.48. The molecule has 2 atom stereocenters. The van der Waals surface area contributed by atoms with Crippen LogP contribution < -0.4 is 5.32 Å². The monoisotopic (exact) mass is 310 g/mol. The zero-order valence-electron chi connectivity index (χ0n) is 14.4. The molecule has 0 bridgehead atoms. The summed E-state index contributed by atoms with van der Waals surface area (Å²) in [6.45, 7) is 10.6. The second kappa shape index (κ2) is 7.00. The predicted octanol–water partition coefficient (Wildman–Crippen LogP) is 4.71. The normalized spacial score (nSPS) is 22.9. The lowest BCUT2D eigenvalue weighted by Gasteiger charge is -2.40. The number of benzene rings is 1. The molecule has 1 aliphatic carbocycles. The van der Waals surface area contributed by atoms with Crippen LogP contribution in [0.5, 0.6) is 0 Å². The smallest absolute Gasteiger partial charge is 0.228 e. The van der Waals surface area contributed by atoms with Crippen LogP contribution in [0.4, 0.5) is 5.69 Å². The maximum Gasteiger partial charge on any atom is 0.228 e. The second-order valence-corrected chi connectivity index (χ2v) is 7.49. The van der Waals surface area contributed by atoms with Gasteiger partial charge in [0.15, 0.2) is 0 Å². The topological polar surface area (TPSA) is 52.9 Å². The van der Waals surface area contributed by atoms with E-state index in [1.807, 2.05) is 31.2 Å². The molecule has 2 rings (SSSR count). The van der Waals surface area contributed by atoms with E-state index < -0.39 is 0 Å². The molecule has 3 nitrogen and oxygen atoms in total. The first-order valence-corrected chi connectivity index (χ1v) is 8.24. The van der Waals surface area contributed by atoms with Crippen molar-refractivity contribution in [3.05, 3.63) is 42.0 Å². The van der Waals surface area contributed by atoms with Crippen molar-refractivity contribution >= 4 is 11.6 Å². The Morgan fingerprint density at radius 2 is 2.00 bits per heavy atom. The Morgan fingerprint density at radius 1 is 1.35 bits per heavy atom. The molecule has 1 aliphatic rings. The summed E-state index contributed by atoms with van der Waals surface area (Å²) in [6, 6.07) is 9.64. The van der Waals surface area contributed by atoms with E-state index in [0.717, 1.165) is 36.1 Å². The van der Waals surface area contributed by atoms with Gasteiger partial charge in [-0.15, -0.1) is 0 Å². The highest BCUT2D eigenvalue weighted by molar-refractivity contribution is 5.93. The number of anilines is 1. The van der Waals surface area contributed by atoms with Crippen molar-refractivity contribution in [1.29, 1.82) is 5.26 Å². The van der Waals surface area contributed by atoms with Crippen molar-refractivity contribution < 1.29 is 4.79 Å². The number of hydrogen-bond acceptors (Lipinski definition) is 2. The Hall–Kier alpha value is -2.08. The van der Waals surface area contributed by atoms with Crippen LogP contribution in [0.25, 0.3) is 0 Å². The lowest BCUT2D eigenvalue weighted by molar-refractivity contribution is -0.123. The molecule has 3 heteroatoms. The minimum absolute atomic E-state index is 0.0185. The van der Waals surface area contributed by atoms with Crippen LogP contribution >= 0.6 is 0 Å². The lowest BCUT2D eigenvalue weighted by atomic mass is 9.65. The van der Waals surface area contributed by atoms with Gasteiger partial charge in [-0.05, 0) is 55.2 Å². The van der Waals surface area contributed by atoms with Gasteiger partial charge in [0.2, 0.25) is 5.91 Å². The number of rotatable bonds is 4. The lowest BCUT2D eigenvalue weighted by Crippen LogP contribution is -2.38. The average Bonchev–Trinajstić information content (AvgIpc) is 2.48. The standard InChI is InChI=1S/C20H26N2O/c1-14(2)17-9-11-20(3,4)13-18(17)19(23)22-16-7-5-15(6-8-16)10-12-21/h5-8,17-18H,1,9-11,13H2,2-4H3,(H,22,23)/t17-,18+/m0/s1. The Morgan fingerprint density at radius 3 is 2.57 bits per heavy atom. The SMILES string of the molecule is C=C(C)[C@@H]1CCC(C)(C)C[C@H]1C(=O)Nc1ccc(CC#N)cc1. The zero-order valence-corrected chi connectivity index (χ0v) is 14.4. The predicted molar refractivity (Wildman–Crippen MR) is 93.8 cm³/mol. The molecule has 0 radical (unpaired) electrons. The molecule has 0 unspecified atom stereocenters. The van der Waals surface area contributed by atoms with Gasteiger partial charge in [-0.3, -0.25) is 4.79 Å². The molecule has 1 aromatic rings. The summed E-state index contributed by atoms with van der Waals surface area (Å²) >= 11 is 0. The van der Waals surface area contributed by atoms with Gasteiger partial charge in [0.25, 0.3) is 0 Å². The van der Waals surface area contributed by atoms with Crippen LogP contribution in [-0.4, -0.2) is 5.91 Å². The van der Waals surface area contributed by atoms with Gasteiger partial charge in [0.1, 0.15) is 0 Å². The first kappa shape index (κ1) is 17.3. The minimum Gasteiger partial charge on any atom is -0.326 e. The summed E-state index contributed by atoms with van der Waals surface area (Å²) in [5, 5.41) is 11.7. The van der Waals surface area contributed by atoms with E-state index in [0.29, 0.717) is 6.42 Å². The number of carbonyl (C=O) groups is 1. The summed E-state index contributed by atoms with van der Waals surface area (Å²) in [5.74, 6) is 0.328. The summed E-state index contributed by atoms with van der Waals surface area (Å²) < 4.78 is 0. The Labute approximate surface area is 139 Å². The Kier molecular flexibility index (Phi) is 5.26. The van der Waals surface area contributed by atoms with Crippen LogP contribution in [0.15, 0.2) is 36.4 Å². The van der Waals surface area contributed by atoms with Crippen molar-refractivity contribution in [3.63, 3.8) is 0 Å². The number of carbonyl (C=O) groups excluding carboxylic acids is 1. The third kappa shape index (κ3) is 4.45. The van der Waals surface area contributed by atoms with Crippen LogP contribution in [-0.2, 0) is 11.2 Å². The van der Waals surface area contributed by atoms with Gasteiger partial charge < -0.3 is 5.32 Å². The van der Waals surface area contributed by atoms with Gasteiger partial charge in [-0.2, -0.15) is 5.26 Å². The molecule has 1 N–H and O–H groups in total. The zero-order chi connectivity index (χ0) is 17.0. The van der Waals surface area contributed by atoms with E-state index in [2.05, 4.69) is 31.8 Å². The third-order valence-electron chi connectivity index (χ3n) is 4.86. The Bertz CT molecular complexity index is 622. The molecular formula is C20H26N2O. The van der Waals surface area contributed by atoms with Crippen molar-refractivity contribution in [2.75, 3.05) is 5.32 Å². The first-order valence-electron chi connectivity index (χ1n) is 8.24. The van der Waals surface area contributed by atoms with Crippen LogP contribution in [0.3, 0.4) is 0 Å². The van der Waals surface area contributed by atoms with Crippen molar-refractivity contribution in [3.8, 4) is 6.07 Å². The number of nitriles is 1. The molecular weight excluding hydrogens is 284 g/mol. The molecule has 1 fully saturated rings. The van der Waals surface area contributed by atoms with Crippen LogP contribution in [0.2, 0.25) is 0 Å². The summed E-state index contributed by atoms with van der Waals surface area (Å²) in [5.41, 5.74) is 3.06. The van der Waals surface area contributed by atoms with E-state index in [1.54, 1.807) is 0 Å². The Balaban J connectivity index is 2.10. The fraction of sp³-hybridized carbons (Fsp3) is 0.500. The van der Waals surface area contributed by atoms with Gasteiger partial charge in [-0.25, -0.2) is 0 Å². The number of allylic oxidation sites excluding steroid dienone is 1. The van der Waals surface area contributed by atoms with Crippen molar-refractivity contribution in [2.24, 2.45) is 17.3 Å². The molecule has 0 aromatic heterocycles. The molecule has 0 heterocycles. The van der Waals surface area contributed by atoms with Gasteiger partial charge in [-0.1, -0.05) is 38.1 Å². The maximum absolute atomic E-state index is 12.8. The molecule has 122 valence electrons. The molecule has 1 aromatic carbocycles. The molecule has 0 saturated heterocycles. The summed E-state index contributed by atoms with van der Waals surface area (Å²) in [7, 11) is 0. The second-order valence-electron chi connectivity index (χ2n) is 7.49. The van der Waals surface area contributed by atoms with E-state index in [9.17, 15) is 4.79 Å². The highest BCUT2D eigenvalue weighted by Crippen LogP contribution is 2.44. The van der Waals surface area contributed by atoms with E-state index in [4.69, 9.17) is 5.26 Å². The largest absolute Gasteiger partial charge is 0.326 e. The molecule has 1 saturated carbocycles. The summed E-state index contributed by atoms with van der Waals surface area (Å²) in [4.78, 5) is 12.8. The quantitative estimate of drug-likeness (QED) is 0.819. The number of hydrogen-bond donors (Lipinski definition) is 1. The van der Waals surface area contributed by atoms with Gasteiger partial charge in [0, 0.05) is 11.6 Å². The molecule has 0 aliphatic heterocycles. The van der Waals surface area contributed by atoms with Crippen molar-refractivity contribution in [1.82, 2.24) is 0 Å². The van der Waals surface area contributed by atoms with Crippen molar-refractivity contribution in [2.45, 2.75) is 46.5 Å². The summed E-state index contributed by atoms with van der Waals surface area (Å²) in [6.07, 6.45) is 3.45. The highest BCUT2D eigenvalue weighted by atomic mass is 16.1. The van der Waals surface area contributed by atoms with E-state index >= 15 is 0 Å². The average molecular weight is 310 g/mol. The third-order valence-corrected chi connectivity index (χ3v) is 4.86. The fourth-order valence-electron chi connectivity index (χ4n) is 3.48. The molecule has 0 spiro atoms. The van der Waals surface area contributed by atoms with Gasteiger partial charge in [0.05, 0.1) is 12.5 Å². The van der Waals surface area contributed by atoms with Crippen LogP contribution in [0, 0.1) is 28.6 Å². The number of nitrogens with one attached hydrogen (secondary N) is 1. The van der Waals surface area contributed by atoms with Gasteiger partial charge >= 0.3 is 0 Å². The van der Waals surface area contributed by atoms with E-state index in [-0.39, 0.29) is 23.2 Å². The number of nitrogens with zero attached hydrogens (tertiary/aromatic N) is 1. The highest BCUT2D eigenvalue weighted by Gasteiger charge is 2.39. The number of amides is 1.